The molecule has 2 aromatic carbocycles. The molecule has 0 radical (unpaired) electrons. The number of para-hydroxylation sites is 1. The van der Waals surface area contributed by atoms with E-state index in [9.17, 15) is 14.4 Å². The summed E-state index contributed by atoms with van der Waals surface area (Å²) in [6, 6.07) is 18.1. The normalized spacial score (nSPS) is 14.1. The number of nitrogens with zero attached hydrogens (tertiary/aromatic N) is 3. The van der Waals surface area contributed by atoms with Crippen LogP contribution in [0.1, 0.15) is 39.3 Å². The van der Waals surface area contributed by atoms with Gasteiger partial charge in [-0.3, -0.25) is 14.4 Å². The van der Waals surface area contributed by atoms with Crippen molar-refractivity contribution in [2.45, 2.75) is 19.8 Å². The predicted molar refractivity (Wildman–Crippen MR) is 134 cm³/mol. The highest BCUT2D eigenvalue weighted by Gasteiger charge is 2.28. The molecule has 9 nitrogen and oxygen atoms in total. The molecule has 1 saturated heterocycles. The van der Waals surface area contributed by atoms with E-state index in [2.05, 4.69) is 15.5 Å². The maximum atomic E-state index is 13.5. The number of aryl methyl sites for hydroxylation is 1. The number of carbonyl (C=O) groups is 3. The van der Waals surface area contributed by atoms with Crippen LogP contribution in [0, 0.1) is 12.8 Å². The van der Waals surface area contributed by atoms with Crippen molar-refractivity contribution in [2.24, 2.45) is 11.7 Å². The Bertz CT molecular complexity index is 1460. The third-order valence-electron chi connectivity index (χ3n) is 6.52. The van der Waals surface area contributed by atoms with Gasteiger partial charge in [-0.2, -0.15) is 0 Å². The van der Waals surface area contributed by atoms with E-state index in [1.165, 1.54) is 0 Å². The van der Waals surface area contributed by atoms with Gasteiger partial charge in [0.15, 0.2) is 0 Å². The Kier molecular flexibility index (Phi) is 6.20. The largest absolute Gasteiger partial charge is 0.369 e. The van der Waals surface area contributed by atoms with Crippen molar-refractivity contribution in [3.05, 3.63) is 77.5 Å². The molecule has 3 amide bonds. The van der Waals surface area contributed by atoms with Crippen molar-refractivity contribution in [2.75, 3.05) is 18.4 Å². The summed E-state index contributed by atoms with van der Waals surface area (Å²) in [6.07, 6.45) is 1.05. The van der Waals surface area contributed by atoms with Crippen LogP contribution in [0.25, 0.3) is 22.4 Å². The van der Waals surface area contributed by atoms with Gasteiger partial charge in [0.1, 0.15) is 0 Å². The third-order valence-corrected chi connectivity index (χ3v) is 6.52. The Balaban J connectivity index is 1.45. The van der Waals surface area contributed by atoms with E-state index in [0.29, 0.717) is 59.5 Å². The quantitative estimate of drug-likeness (QED) is 0.444. The molecule has 182 valence electrons. The number of hydrogen-bond donors (Lipinski definition) is 2. The smallest absolute Gasteiger partial charge is 0.259 e. The number of rotatable bonds is 5. The standard InChI is InChI=1S/C27H25N5O4/c1-16-23-20(15-22(30-26(23)36-31-16)17-7-3-2-4-8-17)25(34)29-21-10-6-5-9-19(21)27(35)32-13-11-18(12-14-32)24(28)33/h2-10,15,18H,11-14H2,1H3,(H2,28,33)(H,29,34). The number of aromatic nitrogens is 2. The van der Waals surface area contributed by atoms with E-state index in [-0.39, 0.29) is 23.4 Å². The van der Waals surface area contributed by atoms with Crippen molar-refractivity contribution in [1.82, 2.24) is 15.0 Å². The molecule has 0 bridgehead atoms. The number of pyridine rings is 1. The Hall–Kier alpha value is -4.53. The molecule has 1 aliphatic rings. The summed E-state index contributed by atoms with van der Waals surface area (Å²) < 4.78 is 5.38. The van der Waals surface area contributed by atoms with Gasteiger partial charge in [-0.1, -0.05) is 47.6 Å². The zero-order valence-corrected chi connectivity index (χ0v) is 19.7. The number of anilines is 1. The zero-order chi connectivity index (χ0) is 25.2. The summed E-state index contributed by atoms with van der Waals surface area (Å²) in [5.74, 6) is -1.17. The Morgan fingerprint density at radius 3 is 2.42 bits per heavy atom. The van der Waals surface area contributed by atoms with Crippen molar-refractivity contribution in [1.29, 1.82) is 0 Å². The molecule has 1 aliphatic heterocycles. The van der Waals surface area contributed by atoms with Gasteiger partial charge in [-0.15, -0.1) is 0 Å². The van der Waals surface area contributed by atoms with Gasteiger partial charge in [0, 0.05) is 24.6 Å². The van der Waals surface area contributed by atoms with Crippen LogP contribution in [0.5, 0.6) is 0 Å². The molecule has 1 fully saturated rings. The van der Waals surface area contributed by atoms with Crippen LogP contribution >= 0.6 is 0 Å². The topological polar surface area (TPSA) is 131 Å². The van der Waals surface area contributed by atoms with Gasteiger partial charge >= 0.3 is 0 Å². The molecule has 5 rings (SSSR count). The number of carbonyl (C=O) groups excluding carboxylic acids is 3. The second-order valence-electron chi connectivity index (χ2n) is 8.84. The summed E-state index contributed by atoms with van der Waals surface area (Å²) >= 11 is 0. The van der Waals surface area contributed by atoms with E-state index in [0.717, 1.165) is 5.56 Å². The first-order valence-corrected chi connectivity index (χ1v) is 11.7. The SMILES string of the molecule is Cc1noc2nc(-c3ccccc3)cc(C(=O)Nc3ccccc3C(=O)N3CCC(C(N)=O)CC3)c12. The summed E-state index contributed by atoms with van der Waals surface area (Å²) in [6.45, 7) is 2.61. The van der Waals surface area contributed by atoms with Gasteiger partial charge in [0.25, 0.3) is 17.5 Å². The Labute approximate surface area is 207 Å². The molecule has 2 aromatic heterocycles. The highest BCUT2D eigenvalue weighted by Crippen LogP contribution is 2.29. The first-order chi connectivity index (χ1) is 17.4. The van der Waals surface area contributed by atoms with Crippen molar-refractivity contribution >= 4 is 34.5 Å². The van der Waals surface area contributed by atoms with Gasteiger partial charge in [-0.25, -0.2) is 4.98 Å². The fraction of sp³-hybridized carbons (Fsp3) is 0.222. The number of fused-ring (bicyclic) bond motifs is 1. The molecular formula is C27H25N5O4. The van der Waals surface area contributed by atoms with Crippen molar-refractivity contribution in [3.8, 4) is 11.3 Å². The second-order valence-corrected chi connectivity index (χ2v) is 8.84. The summed E-state index contributed by atoms with van der Waals surface area (Å²) in [5, 5.41) is 7.42. The second kappa shape index (κ2) is 9.61. The highest BCUT2D eigenvalue weighted by atomic mass is 16.5. The Morgan fingerprint density at radius 1 is 1.00 bits per heavy atom. The van der Waals surface area contributed by atoms with E-state index < -0.39 is 5.91 Å². The van der Waals surface area contributed by atoms with Crippen LogP contribution in [0.3, 0.4) is 0 Å². The van der Waals surface area contributed by atoms with Crippen molar-refractivity contribution < 1.29 is 18.9 Å². The van der Waals surface area contributed by atoms with Gasteiger partial charge in [0.2, 0.25) is 5.91 Å². The number of likely N-dealkylation sites (tertiary alicyclic amines) is 1. The molecule has 4 aromatic rings. The maximum absolute atomic E-state index is 13.5. The lowest BCUT2D eigenvalue weighted by atomic mass is 9.95. The number of amides is 3. The van der Waals surface area contributed by atoms with Crippen LogP contribution in [0.4, 0.5) is 5.69 Å². The average Bonchev–Trinajstić information content (AvgIpc) is 3.29. The summed E-state index contributed by atoms with van der Waals surface area (Å²) in [7, 11) is 0. The number of benzene rings is 2. The lowest BCUT2D eigenvalue weighted by Gasteiger charge is -2.31. The molecule has 9 heteroatoms. The van der Waals surface area contributed by atoms with E-state index in [1.807, 2.05) is 30.3 Å². The molecule has 3 N–H and O–H groups in total. The molecule has 0 saturated carbocycles. The number of nitrogens with one attached hydrogen (secondary N) is 1. The Morgan fingerprint density at radius 2 is 1.69 bits per heavy atom. The lowest BCUT2D eigenvalue weighted by Crippen LogP contribution is -2.42. The molecule has 0 spiro atoms. The minimum atomic E-state index is -0.404. The summed E-state index contributed by atoms with van der Waals surface area (Å²) in [4.78, 5) is 44.6. The van der Waals surface area contributed by atoms with Crippen LogP contribution in [-0.4, -0.2) is 45.9 Å². The molecule has 0 atom stereocenters. The fourth-order valence-electron chi connectivity index (χ4n) is 4.54. The minimum absolute atomic E-state index is 0.208. The van der Waals surface area contributed by atoms with Gasteiger partial charge in [-0.05, 0) is 38.0 Å². The van der Waals surface area contributed by atoms with Crippen LogP contribution in [0.15, 0.2) is 65.2 Å². The number of primary amides is 1. The van der Waals surface area contributed by atoms with E-state index in [1.54, 1.807) is 42.2 Å². The number of piperidine rings is 1. The predicted octanol–water partition coefficient (Wildman–Crippen LogP) is 3.79. The molecule has 3 heterocycles. The number of hydrogen-bond acceptors (Lipinski definition) is 6. The first-order valence-electron chi connectivity index (χ1n) is 11.7. The molecule has 0 aliphatic carbocycles. The van der Waals surface area contributed by atoms with Gasteiger partial charge in [0.05, 0.1) is 33.6 Å². The summed E-state index contributed by atoms with van der Waals surface area (Å²) in [5.41, 5.74) is 8.75. The van der Waals surface area contributed by atoms with E-state index in [4.69, 9.17) is 10.3 Å². The van der Waals surface area contributed by atoms with Crippen molar-refractivity contribution in [3.63, 3.8) is 0 Å². The fourth-order valence-corrected chi connectivity index (χ4v) is 4.54. The van der Waals surface area contributed by atoms with Crippen LogP contribution in [0.2, 0.25) is 0 Å². The highest BCUT2D eigenvalue weighted by molar-refractivity contribution is 6.15. The minimum Gasteiger partial charge on any atom is -0.369 e. The van der Waals surface area contributed by atoms with E-state index >= 15 is 0 Å². The molecule has 0 unspecified atom stereocenters. The average molecular weight is 484 g/mol. The third kappa shape index (κ3) is 4.43. The first kappa shape index (κ1) is 23.2. The molecule has 36 heavy (non-hydrogen) atoms. The maximum Gasteiger partial charge on any atom is 0.259 e. The molecular weight excluding hydrogens is 458 g/mol. The van der Waals surface area contributed by atoms with Crippen LogP contribution < -0.4 is 11.1 Å². The zero-order valence-electron chi connectivity index (χ0n) is 19.7. The van der Waals surface area contributed by atoms with Gasteiger partial charge < -0.3 is 20.5 Å². The lowest BCUT2D eigenvalue weighted by molar-refractivity contribution is -0.123. The monoisotopic (exact) mass is 483 g/mol. The van der Waals surface area contributed by atoms with Crippen LogP contribution in [-0.2, 0) is 4.79 Å². The number of nitrogens with two attached hydrogens (primary N) is 1.